The largest absolute Gasteiger partial charge is 0.352 e. The number of hydrogen-bond donors (Lipinski definition) is 1. The van der Waals surface area contributed by atoms with Crippen molar-refractivity contribution in [1.82, 2.24) is 19.9 Å². The first kappa shape index (κ1) is 15.3. The van der Waals surface area contributed by atoms with Gasteiger partial charge in [0, 0.05) is 31.2 Å². The topological polar surface area (TPSA) is 88.9 Å². The number of nitrogens with one attached hydrogen (secondary N) is 1. The molecule has 0 bridgehead atoms. The van der Waals surface area contributed by atoms with Gasteiger partial charge >= 0.3 is 0 Å². The van der Waals surface area contributed by atoms with Crippen LogP contribution in [0, 0.1) is 11.3 Å². The highest BCUT2D eigenvalue weighted by molar-refractivity contribution is 7.12. The molecule has 4 heterocycles. The minimum Gasteiger partial charge on any atom is -0.352 e. The molecule has 1 N–H and O–H groups in total. The molecule has 0 radical (unpaired) electrons. The van der Waals surface area contributed by atoms with Crippen LogP contribution < -0.4 is 4.90 Å². The predicted molar refractivity (Wildman–Crippen MR) is 98.1 cm³/mol. The number of piperazine rings is 1. The van der Waals surface area contributed by atoms with E-state index in [0.717, 1.165) is 42.8 Å². The second kappa shape index (κ2) is 5.54. The number of hydrogen-bond acceptors (Lipinski definition) is 6. The Kier molecular flexibility index (Phi) is 3.27. The Morgan fingerprint density at radius 3 is 3.00 bits per heavy atom. The highest BCUT2D eigenvalue weighted by Crippen LogP contribution is 2.46. The normalized spacial score (nSPS) is 18.3. The molecule has 0 unspecified atom stereocenters. The van der Waals surface area contributed by atoms with Crippen molar-refractivity contribution in [2.45, 2.75) is 18.4 Å². The summed E-state index contributed by atoms with van der Waals surface area (Å²) in [4.78, 5) is 29.8. The third-order valence-corrected chi connectivity index (χ3v) is 6.21. The monoisotopic (exact) mass is 364 g/mol. The molecule has 7 nitrogen and oxygen atoms in total. The summed E-state index contributed by atoms with van der Waals surface area (Å²) in [6.07, 6.45) is 5.47. The number of aromatic amines is 1. The van der Waals surface area contributed by atoms with Gasteiger partial charge in [-0.3, -0.25) is 4.79 Å². The summed E-state index contributed by atoms with van der Waals surface area (Å²) >= 11 is 1.35. The lowest BCUT2D eigenvalue weighted by molar-refractivity contribution is 0.0629. The van der Waals surface area contributed by atoms with Gasteiger partial charge in [0.05, 0.1) is 21.4 Å². The summed E-state index contributed by atoms with van der Waals surface area (Å²) in [6.45, 7) is 2.18. The number of fused-ring (bicyclic) bond motifs is 1. The Hall–Kier alpha value is -2.92. The number of anilines is 1. The summed E-state index contributed by atoms with van der Waals surface area (Å²) < 4.78 is 0. The van der Waals surface area contributed by atoms with Gasteiger partial charge in [-0.05, 0) is 25.0 Å². The lowest BCUT2D eigenvalue weighted by Gasteiger charge is -2.42. The Balaban J connectivity index is 1.42. The molecular formula is C18H16N6OS. The number of carbonyl (C=O) groups excluding carboxylic acids is 1. The summed E-state index contributed by atoms with van der Waals surface area (Å²) in [6, 6.07) is 5.79. The summed E-state index contributed by atoms with van der Waals surface area (Å²) in [5.74, 6) is 0.973. The van der Waals surface area contributed by atoms with E-state index in [2.05, 4.69) is 25.9 Å². The average molecular weight is 364 g/mol. The SMILES string of the molecule is N#Cc1csc(C(=O)N2CCN(c3ncnc4[nH]ccc34)CC23CC3)c1. The fourth-order valence-corrected chi connectivity index (χ4v) is 4.58. The van der Waals surface area contributed by atoms with Crippen LogP contribution >= 0.6 is 11.3 Å². The van der Waals surface area contributed by atoms with E-state index >= 15 is 0 Å². The van der Waals surface area contributed by atoms with Crippen LogP contribution in [0.1, 0.15) is 28.1 Å². The van der Waals surface area contributed by atoms with E-state index in [1.165, 1.54) is 11.3 Å². The Labute approximate surface area is 153 Å². The molecule has 1 amide bonds. The molecule has 2 aliphatic rings. The standard InChI is InChI=1S/C18H16N6OS/c19-8-12-7-14(26-9-12)17(25)24-6-5-23(10-18(24)2-3-18)16-13-1-4-20-15(13)21-11-22-16/h1,4,7,9,11H,2-3,5-6,10H2,(H,20,21,22). The van der Waals surface area contributed by atoms with Gasteiger partial charge in [-0.15, -0.1) is 11.3 Å². The molecule has 1 spiro atoms. The predicted octanol–water partition coefficient (Wildman–Crippen LogP) is 2.39. The molecule has 130 valence electrons. The second-order valence-corrected chi connectivity index (χ2v) is 7.76. The third kappa shape index (κ3) is 2.28. The maximum Gasteiger partial charge on any atom is 0.264 e. The number of amides is 1. The molecule has 26 heavy (non-hydrogen) atoms. The Bertz CT molecular complexity index is 1040. The van der Waals surface area contributed by atoms with E-state index in [9.17, 15) is 4.79 Å². The smallest absolute Gasteiger partial charge is 0.264 e. The van der Waals surface area contributed by atoms with Gasteiger partial charge in [0.2, 0.25) is 0 Å². The van der Waals surface area contributed by atoms with E-state index in [0.29, 0.717) is 17.0 Å². The summed E-state index contributed by atoms with van der Waals surface area (Å²) in [7, 11) is 0. The maximum atomic E-state index is 13.0. The molecular weight excluding hydrogens is 348 g/mol. The van der Waals surface area contributed by atoms with Gasteiger partial charge in [-0.25, -0.2) is 9.97 Å². The molecule has 1 aliphatic carbocycles. The van der Waals surface area contributed by atoms with Crippen LogP contribution in [0.5, 0.6) is 0 Å². The lowest BCUT2D eigenvalue weighted by Crippen LogP contribution is -2.57. The van der Waals surface area contributed by atoms with E-state index < -0.39 is 0 Å². The quantitative estimate of drug-likeness (QED) is 0.754. The average Bonchev–Trinajstić information content (AvgIpc) is 3.11. The minimum atomic E-state index is -0.111. The van der Waals surface area contributed by atoms with Gasteiger partial charge in [0.15, 0.2) is 0 Å². The molecule has 8 heteroatoms. The van der Waals surface area contributed by atoms with Crippen LogP contribution in [0.15, 0.2) is 30.0 Å². The number of rotatable bonds is 2. The van der Waals surface area contributed by atoms with E-state index in [4.69, 9.17) is 5.26 Å². The van der Waals surface area contributed by atoms with Crippen LogP contribution in [0.25, 0.3) is 11.0 Å². The molecule has 3 aromatic rings. The van der Waals surface area contributed by atoms with Crippen molar-refractivity contribution in [2.24, 2.45) is 0 Å². The maximum absolute atomic E-state index is 13.0. The van der Waals surface area contributed by atoms with Crippen molar-refractivity contribution < 1.29 is 4.79 Å². The van der Waals surface area contributed by atoms with Crippen molar-refractivity contribution in [2.75, 3.05) is 24.5 Å². The highest BCUT2D eigenvalue weighted by Gasteiger charge is 2.53. The molecule has 2 fully saturated rings. The second-order valence-electron chi connectivity index (χ2n) is 6.85. The summed E-state index contributed by atoms with van der Waals surface area (Å²) in [5.41, 5.74) is 1.28. The van der Waals surface area contributed by atoms with Gasteiger partial charge in [-0.2, -0.15) is 5.26 Å². The van der Waals surface area contributed by atoms with Crippen molar-refractivity contribution in [3.8, 4) is 6.07 Å². The van der Waals surface area contributed by atoms with Crippen molar-refractivity contribution >= 4 is 34.1 Å². The fraction of sp³-hybridized carbons (Fsp3) is 0.333. The molecule has 0 atom stereocenters. The van der Waals surface area contributed by atoms with Crippen molar-refractivity contribution in [1.29, 1.82) is 5.26 Å². The molecule has 1 aliphatic heterocycles. The fourth-order valence-electron chi connectivity index (χ4n) is 3.80. The van der Waals surface area contributed by atoms with E-state index in [1.54, 1.807) is 17.8 Å². The first-order valence-corrected chi connectivity index (χ1v) is 9.42. The van der Waals surface area contributed by atoms with Crippen molar-refractivity contribution in [3.63, 3.8) is 0 Å². The number of nitriles is 1. The molecule has 5 rings (SSSR count). The van der Waals surface area contributed by atoms with Gasteiger partial charge < -0.3 is 14.8 Å². The zero-order chi connectivity index (χ0) is 17.7. The van der Waals surface area contributed by atoms with Crippen LogP contribution in [-0.2, 0) is 0 Å². The minimum absolute atomic E-state index is 0.0446. The van der Waals surface area contributed by atoms with E-state index in [-0.39, 0.29) is 11.4 Å². The zero-order valence-corrected chi connectivity index (χ0v) is 14.8. The molecule has 1 saturated heterocycles. The van der Waals surface area contributed by atoms with Gasteiger partial charge in [-0.1, -0.05) is 0 Å². The number of carbonyl (C=O) groups is 1. The van der Waals surface area contributed by atoms with Crippen LogP contribution in [0.2, 0.25) is 0 Å². The third-order valence-electron chi connectivity index (χ3n) is 5.30. The Morgan fingerprint density at radius 2 is 2.23 bits per heavy atom. The summed E-state index contributed by atoms with van der Waals surface area (Å²) in [5, 5.41) is 11.8. The van der Waals surface area contributed by atoms with Crippen LogP contribution in [-0.4, -0.2) is 50.9 Å². The number of thiophene rings is 1. The van der Waals surface area contributed by atoms with Crippen LogP contribution in [0.3, 0.4) is 0 Å². The number of nitrogens with zero attached hydrogens (tertiary/aromatic N) is 5. The van der Waals surface area contributed by atoms with Gasteiger partial charge in [0.25, 0.3) is 5.91 Å². The van der Waals surface area contributed by atoms with E-state index in [1.807, 2.05) is 17.2 Å². The van der Waals surface area contributed by atoms with Crippen LogP contribution in [0.4, 0.5) is 5.82 Å². The molecule has 1 saturated carbocycles. The zero-order valence-electron chi connectivity index (χ0n) is 14.0. The number of aromatic nitrogens is 3. The Morgan fingerprint density at radius 1 is 1.35 bits per heavy atom. The first-order chi connectivity index (χ1) is 12.7. The molecule has 0 aromatic carbocycles. The molecule has 3 aromatic heterocycles. The lowest BCUT2D eigenvalue weighted by atomic mass is 10.1. The number of H-pyrrole nitrogens is 1. The van der Waals surface area contributed by atoms with Gasteiger partial charge in [0.1, 0.15) is 23.9 Å². The first-order valence-electron chi connectivity index (χ1n) is 8.54. The van der Waals surface area contributed by atoms with Crippen molar-refractivity contribution in [3.05, 3.63) is 40.5 Å². The highest BCUT2D eigenvalue weighted by atomic mass is 32.1.